The van der Waals surface area contributed by atoms with Crippen molar-refractivity contribution < 1.29 is 13.7 Å². The van der Waals surface area contributed by atoms with Crippen LogP contribution in [0.25, 0.3) is 0 Å². The van der Waals surface area contributed by atoms with Crippen LogP contribution in [0.5, 0.6) is 0 Å². The first kappa shape index (κ1) is 14.0. The summed E-state index contributed by atoms with van der Waals surface area (Å²) in [5.74, 6) is -0.255. The first-order chi connectivity index (χ1) is 8.14. The third kappa shape index (κ3) is 2.24. The van der Waals surface area contributed by atoms with Gasteiger partial charge in [-0.3, -0.25) is 0 Å². The third-order valence-electron chi connectivity index (χ3n) is 3.86. The van der Waals surface area contributed by atoms with E-state index in [2.05, 4.69) is 15.9 Å². The van der Waals surface area contributed by atoms with Crippen LogP contribution in [0.1, 0.15) is 33.3 Å². The Labute approximate surface area is 116 Å². The van der Waals surface area contributed by atoms with E-state index in [0.717, 1.165) is 5.46 Å². The van der Waals surface area contributed by atoms with Crippen LogP contribution in [0.2, 0.25) is 0 Å². The molecule has 1 heterocycles. The molecule has 1 aliphatic rings. The zero-order valence-electron chi connectivity index (χ0n) is 11.3. The normalized spacial score (nSPS) is 21.4. The first-order valence-electron chi connectivity index (χ1n) is 5.95. The fourth-order valence-electron chi connectivity index (χ4n) is 1.88. The predicted molar refractivity (Wildman–Crippen MR) is 74.6 cm³/mol. The largest absolute Gasteiger partial charge is 0.495 e. The Morgan fingerprint density at radius 2 is 1.61 bits per heavy atom. The lowest BCUT2D eigenvalue weighted by molar-refractivity contribution is 0.00578. The molecule has 1 aliphatic heterocycles. The smallest absolute Gasteiger partial charge is 0.399 e. The van der Waals surface area contributed by atoms with Gasteiger partial charge in [0.25, 0.3) is 0 Å². The third-order valence-corrected chi connectivity index (χ3v) is 4.31. The summed E-state index contributed by atoms with van der Waals surface area (Å²) < 4.78 is 26.3. The monoisotopic (exact) mass is 314 g/mol. The summed E-state index contributed by atoms with van der Waals surface area (Å²) in [7, 11) is -0.526. The molecular formula is C13H17BBrFO2. The molecule has 1 saturated heterocycles. The van der Waals surface area contributed by atoms with Gasteiger partial charge in [-0.05, 0) is 57.8 Å². The van der Waals surface area contributed by atoms with E-state index >= 15 is 0 Å². The molecule has 2 nitrogen and oxygen atoms in total. The van der Waals surface area contributed by atoms with Gasteiger partial charge in [-0.15, -0.1) is 0 Å². The lowest BCUT2D eigenvalue weighted by Crippen LogP contribution is -2.41. The highest BCUT2D eigenvalue weighted by Gasteiger charge is 2.52. The standard InChI is InChI=1S/C13H17BBrFO2/c1-8-10(6-9(15)7-11(8)16)14-17-12(2,3)13(4,5)18-14/h6-7H,1-5H3. The molecule has 0 N–H and O–H groups in total. The minimum atomic E-state index is -0.526. The lowest BCUT2D eigenvalue weighted by atomic mass is 9.76. The predicted octanol–water partition coefficient (Wildman–Crippen LogP) is 3.20. The Morgan fingerprint density at radius 1 is 1.11 bits per heavy atom. The Kier molecular flexibility index (Phi) is 3.37. The zero-order chi connectivity index (χ0) is 13.7. The number of rotatable bonds is 1. The fraction of sp³-hybridized carbons (Fsp3) is 0.538. The Balaban J connectivity index is 2.41. The molecule has 0 saturated carbocycles. The molecule has 0 bridgehead atoms. The summed E-state index contributed by atoms with van der Waals surface area (Å²) in [5.41, 5.74) is 0.475. The van der Waals surface area contributed by atoms with E-state index in [1.807, 2.05) is 33.8 Å². The second kappa shape index (κ2) is 4.32. The van der Waals surface area contributed by atoms with Crippen molar-refractivity contribution in [3.63, 3.8) is 0 Å². The van der Waals surface area contributed by atoms with E-state index in [4.69, 9.17) is 9.31 Å². The van der Waals surface area contributed by atoms with Gasteiger partial charge in [-0.2, -0.15) is 0 Å². The van der Waals surface area contributed by atoms with E-state index in [9.17, 15) is 4.39 Å². The molecule has 0 spiro atoms. The second-order valence-electron chi connectivity index (χ2n) is 5.69. The lowest BCUT2D eigenvalue weighted by Gasteiger charge is -2.32. The minimum Gasteiger partial charge on any atom is -0.399 e. The van der Waals surface area contributed by atoms with Gasteiger partial charge in [0, 0.05) is 4.47 Å². The average Bonchev–Trinajstić information content (AvgIpc) is 2.42. The highest BCUT2D eigenvalue weighted by atomic mass is 79.9. The second-order valence-corrected chi connectivity index (χ2v) is 6.61. The van der Waals surface area contributed by atoms with Crippen molar-refractivity contribution in [1.82, 2.24) is 0 Å². The van der Waals surface area contributed by atoms with E-state index in [1.165, 1.54) is 6.07 Å². The molecule has 0 aromatic heterocycles. The van der Waals surface area contributed by atoms with Crippen LogP contribution in [0, 0.1) is 12.7 Å². The quantitative estimate of drug-likeness (QED) is 0.741. The molecule has 1 aromatic rings. The van der Waals surface area contributed by atoms with Gasteiger partial charge in [0.1, 0.15) is 5.82 Å². The van der Waals surface area contributed by atoms with Crippen molar-refractivity contribution in [2.45, 2.75) is 45.8 Å². The van der Waals surface area contributed by atoms with Crippen molar-refractivity contribution in [2.24, 2.45) is 0 Å². The topological polar surface area (TPSA) is 18.5 Å². The maximum atomic E-state index is 13.7. The number of halogens is 2. The van der Waals surface area contributed by atoms with Crippen LogP contribution in [0.3, 0.4) is 0 Å². The first-order valence-corrected chi connectivity index (χ1v) is 6.74. The van der Waals surface area contributed by atoms with Crippen molar-refractivity contribution in [2.75, 3.05) is 0 Å². The summed E-state index contributed by atoms with van der Waals surface area (Å²) in [6, 6.07) is 3.30. The number of hydrogen-bond donors (Lipinski definition) is 0. The maximum Gasteiger partial charge on any atom is 0.495 e. The molecule has 0 unspecified atom stereocenters. The number of benzene rings is 1. The van der Waals surface area contributed by atoms with Crippen molar-refractivity contribution in [1.29, 1.82) is 0 Å². The average molecular weight is 315 g/mol. The molecule has 0 radical (unpaired) electrons. The van der Waals surface area contributed by atoms with Crippen LogP contribution in [-0.2, 0) is 9.31 Å². The summed E-state index contributed by atoms with van der Waals surface area (Å²) in [6.07, 6.45) is 0. The van der Waals surface area contributed by atoms with Crippen molar-refractivity contribution in [3.05, 3.63) is 28.0 Å². The molecule has 98 valence electrons. The molecular weight excluding hydrogens is 298 g/mol. The summed E-state index contributed by atoms with van der Waals surface area (Å²) in [5, 5.41) is 0. The van der Waals surface area contributed by atoms with Crippen molar-refractivity contribution in [3.8, 4) is 0 Å². The molecule has 1 aromatic carbocycles. The van der Waals surface area contributed by atoms with Crippen LogP contribution in [-0.4, -0.2) is 18.3 Å². The summed E-state index contributed by atoms with van der Waals surface area (Å²) in [4.78, 5) is 0. The fourth-order valence-corrected chi connectivity index (χ4v) is 2.33. The van der Waals surface area contributed by atoms with Gasteiger partial charge in [0.15, 0.2) is 0 Å². The van der Waals surface area contributed by atoms with E-state index in [0.29, 0.717) is 10.0 Å². The molecule has 5 heteroatoms. The van der Waals surface area contributed by atoms with E-state index in [1.54, 1.807) is 6.92 Å². The SMILES string of the molecule is Cc1c(F)cc(Br)cc1B1OC(C)(C)C(C)(C)O1. The molecule has 0 atom stereocenters. The molecule has 2 rings (SSSR count). The molecule has 0 amide bonds. The summed E-state index contributed by atoms with van der Waals surface area (Å²) >= 11 is 3.30. The number of hydrogen-bond acceptors (Lipinski definition) is 2. The van der Waals surface area contributed by atoms with Crippen LogP contribution < -0.4 is 5.46 Å². The van der Waals surface area contributed by atoms with Gasteiger partial charge in [-0.1, -0.05) is 15.9 Å². The van der Waals surface area contributed by atoms with Gasteiger partial charge >= 0.3 is 7.12 Å². The van der Waals surface area contributed by atoms with Gasteiger partial charge in [0.2, 0.25) is 0 Å². The van der Waals surface area contributed by atoms with Crippen LogP contribution >= 0.6 is 15.9 Å². The highest BCUT2D eigenvalue weighted by Crippen LogP contribution is 2.36. The van der Waals surface area contributed by atoms with Gasteiger partial charge in [-0.25, -0.2) is 4.39 Å². The van der Waals surface area contributed by atoms with Gasteiger partial charge < -0.3 is 9.31 Å². The van der Waals surface area contributed by atoms with Crippen molar-refractivity contribution >= 4 is 28.5 Å². The van der Waals surface area contributed by atoms with Crippen LogP contribution in [0.4, 0.5) is 4.39 Å². The Morgan fingerprint density at radius 3 is 2.11 bits per heavy atom. The minimum absolute atomic E-state index is 0.255. The van der Waals surface area contributed by atoms with E-state index in [-0.39, 0.29) is 5.82 Å². The Bertz CT molecular complexity index is 472. The Hall–Kier alpha value is -0.385. The zero-order valence-corrected chi connectivity index (χ0v) is 12.9. The molecule has 18 heavy (non-hydrogen) atoms. The summed E-state index contributed by atoms with van der Waals surface area (Å²) in [6.45, 7) is 9.67. The van der Waals surface area contributed by atoms with Gasteiger partial charge in [0.05, 0.1) is 11.2 Å². The highest BCUT2D eigenvalue weighted by molar-refractivity contribution is 9.10. The molecule has 1 fully saturated rings. The maximum absolute atomic E-state index is 13.7. The van der Waals surface area contributed by atoms with E-state index < -0.39 is 18.3 Å². The molecule has 0 aliphatic carbocycles. The van der Waals surface area contributed by atoms with Crippen LogP contribution in [0.15, 0.2) is 16.6 Å².